The fourth-order valence-corrected chi connectivity index (χ4v) is 5.39. The Bertz CT molecular complexity index is 1030. The first kappa shape index (κ1) is 20.9. The number of nitrogens with zero attached hydrogens (tertiary/aromatic N) is 1. The van der Waals surface area contributed by atoms with Crippen LogP contribution in [0.25, 0.3) is 11.1 Å². The second kappa shape index (κ2) is 9.63. The first-order chi connectivity index (χ1) is 14.7. The molecule has 0 atom stereocenters. The van der Waals surface area contributed by atoms with Gasteiger partial charge in [-0.3, -0.25) is 9.59 Å². The average Bonchev–Trinajstić information content (AvgIpc) is 3.33. The van der Waals surface area contributed by atoms with E-state index in [1.54, 1.807) is 7.11 Å². The first-order valence-corrected chi connectivity index (χ1v) is 11.7. The molecule has 0 bridgehead atoms. The van der Waals surface area contributed by atoms with Crippen molar-refractivity contribution >= 4 is 51.0 Å². The third kappa shape index (κ3) is 4.69. The maximum atomic E-state index is 12.8. The third-order valence-electron chi connectivity index (χ3n) is 4.84. The highest BCUT2D eigenvalue weighted by Gasteiger charge is 2.26. The van der Waals surface area contributed by atoms with E-state index in [2.05, 4.69) is 15.6 Å². The average molecular weight is 446 g/mol. The Morgan fingerprint density at radius 2 is 2.10 bits per heavy atom. The van der Waals surface area contributed by atoms with Crippen LogP contribution in [0.15, 0.2) is 33.9 Å². The highest BCUT2D eigenvalue weighted by Crippen LogP contribution is 2.38. The molecule has 0 radical (unpaired) electrons. The molecule has 4 rings (SSSR count). The minimum atomic E-state index is -0.188. The minimum absolute atomic E-state index is 0.153. The number of hydrogen-bond acceptors (Lipinski definition) is 7. The number of methoxy groups -OCH3 is 1. The zero-order valence-corrected chi connectivity index (χ0v) is 18.3. The van der Waals surface area contributed by atoms with Crippen LogP contribution in [0.5, 0.6) is 0 Å². The fraction of sp³-hybridized carbons (Fsp3) is 0.381. The summed E-state index contributed by atoms with van der Waals surface area (Å²) in [6.07, 6.45) is 3.99. The number of ether oxygens (including phenoxy) is 1. The number of benzene rings is 1. The topological polar surface area (TPSA) is 93.5 Å². The molecule has 0 unspecified atom stereocenters. The Morgan fingerprint density at radius 1 is 1.27 bits per heavy atom. The van der Waals surface area contributed by atoms with E-state index in [0.29, 0.717) is 34.5 Å². The number of aryl methyl sites for hydroxylation is 1. The van der Waals surface area contributed by atoms with E-state index < -0.39 is 0 Å². The Hall–Kier alpha value is -2.36. The van der Waals surface area contributed by atoms with Crippen LogP contribution in [0.1, 0.15) is 33.6 Å². The van der Waals surface area contributed by atoms with Crippen LogP contribution in [-0.2, 0) is 22.4 Å². The monoisotopic (exact) mass is 445 g/mol. The van der Waals surface area contributed by atoms with Crippen molar-refractivity contribution in [3.63, 3.8) is 0 Å². The van der Waals surface area contributed by atoms with Crippen LogP contribution in [0, 0.1) is 0 Å². The number of aromatic nitrogens is 1. The lowest BCUT2D eigenvalue weighted by Crippen LogP contribution is -2.29. The van der Waals surface area contributed by atoms with Gasteiger partial charge in [-0.1, -0.05) is 23.9 Å². The lowest BCUT2D eigenvalue weighted by atomic mass is 9.95. The minimum Gasteiger partial charge on any atom is -0.431 e. The molecule has 0 spiro atoms. The Morgan fingerprint density at radius 3 is 2.93 bits per heavy atom. The van der Waals surface area contributed by atoms with Crippen LogP contribution in [0.2, 0.25) is 0 Å². The number of carbonyl (C=O) groups excluding carboxylic acids is 2. The van der Waals surface area contributed by atoms with E-state index in [9.17, 15) is 9.59 Å². The maximum absolute atomic E-state index is 12.8. The Kier molecular flexibility index (Phi) is 6.71. The Labute approximate surface area is 182 Å². The van der Waals surface area contributed by atoms with Crippen molar-refractivity contribution in [3.05, 3.63) is 40.3 Å². The highest BCUT2D eigenvalue weighted by molar-refractivity contribution is 7.99. The van der Waals surface area contributed by atoms with Crippen LogP contribution < -0.4 is 10.6 Å². The van der Waals surface area contributed by atoms with Gasteiger partial charge in [0.2, 0.25) is 5.91 Å². The number of thioether (sulfide) groups is 1. The van der Waals surface area contributed by atoms with E-state index in [1.165, 1.54) is 28.0 Å². The predicted molar refractivity (Wildman–Crippen MR) is 119 cm³/mol. The zero-order chi connectivity index (χ0) is 20.9. The number of fused-ring (bicyclic) bond motifs is 2. The molecule has 0 saturated heterocycles. The molecule has 1 aliphatic carbocycles. The quantitative estimate of drug-likeness (QED) is 0.404. The van der Waals surface area contributed by atoms with Crippen molar-refractivity contribution in [3.8, 4) is 0 Å². The van der Waals surface area contributed by atoms with Gasteiger partial charge in [-0.2, -0.15) is 0 Å². The van der Waals surface area contributed by atoms with E-state index in [-0.39, 0.29) is 17.6 Å². The van der Waals surface area contributed by atoms with Gasteiger partial charge < -0.3 is 19.8 Å². The molecule has 30 heavy (non-hydrogen) atoms. The number of rotatable bonds is 8. The molecule has 2 heterocycles. The molecule has 2 N–H and O–H groups in total. The Balaban J connectivity index is 1.45. The molecule has 7 nitrogen and oxygen atoms in total. The number of thiophene rings is 1. The van der Waals surface area contributed by atoms with Gasteiger partial charge in [-0.05, 0) is 43.4 Å². The summed E-state index contributed by atoms with van der Waals surface area (Å²) in [5.41, 5.74) is 3.14. The lowest BCUT2D eigenvalue weighted by molar-refractivity contribution is -0.113. The van der Waals surface area contributed by atoms with E-state index in [4.69, 9.17) is 9.15 Å². The van der Waals surface area contributed by atoms with Crippen molar-refractivity contribution in [2.45, 2.75) is 30.9 Å². The number of carbonyl (C=O) groups is 2. The number of oxazole rings is 1. The van der Waals surface area contributed by atoms with Crippen molar-refractivity contribution < 1.29 is 18.7 Å². The molecular weight excluding hydrogens is 422 g/mol. The first-order valence-electron chi connectivity index (χ1n) is 9.85. The van der Waals surface area contributed by atoms with Crippen LogP contribution in [-0.4, -0.2) is 42.8 Å². The molecule has 1 aliphatic rings. The summed E-state index contributed by atoms with van der Waals surface area (Å²) in [4.78, 5) is 31.0. The number of hydrogen-bond donors (Lipinski definition) is 2. The third-order valence-corrected chi connectivity index (χ3v) is 6.88. The number of amides is 2. The molecule has 158 valence electrons. The largest absolute Gasteiger partial charge is 0.431 e. The predicted octanol–water partition coefficient (Wildman–Crippen LogP) is 3.88. The molecule has 2 aromatic heterocycles. The summed E-state index contributed by atoms with van der Waals surface area (Å²) in [6.45, 7) is 0.877. The number of para-hydroxylation sites is 2. The van der Waals surface area contributed by atoms with E-state index in [1.807, 2.05) is 24.3 Å². The second-order valence-electron chi connectivity index (χ2n) is 6.95. The number of nitrogens with one attached hydrogen (secondary N) is 2. The second-order valence-corrected chi connectivity index (χ2v) is 8.98. The molecule has 3 aromatic rings. The molecule has 1 aromatic carbocycles. The van der Waals surface area contributed by atoms with Crippen LogP contribution >= 0.6 is 23.1 Å². The van der Waals surface area contributed by atoms with E-state index in [0.717, 1.165) is 36.8 Å². The van der Waals surface area contributed by atoms with Crippen LogP contribution in [0.3, 0.4) is 0 Å². The summed E-state index contributed by atoms with van der Waals surface area (Å²) in [5.74, 6) is -0.194. The SMILES string of the molecule is COCCNC(=O)c1c(NC(=O)CSc2nc3ccccc3o2)sc2c1CCCC2. The lowest BCUT2D eigenvalue weighted by Gasteiger charge is -2.13. The highest BCUT2D eigenvalue weighted by atomic mass is 32.2. The van der Waals surface area contributed by atoms with Gasteiger partial charge in [0.1, 0.15) is 10.5 Å². The summed E-state index contributed by atoms with van der Waals surface area (Å²) < 4.78 is 10.7. The standard InChI is InChI=1S/C21H23N3O4S2/c1-27-11-10-22-19(26)18-13-6-2-5-9-16(13)30-20(18)24-17(25)12-29-21-23-14-7-3-4-8-15(14)28-21/h3-4,7-8H,2,5-6,9-12H2,1H3,(H,22,26)(H,24,25). The smallest absolute Gasteiger partial charge is 0.257 e. The van der Waals surface area contributed by atoms with E-state index >= 15 is 0 Å². The molecule has 0 saturated carbocycles. The van der Waals surface area contributed by atoms with Gasteiger partial charge in [0.25, 0.3) is 11.1 Å². The van der Waals surface area contributed by atoms with Crippen molar-refractivity contribution in [2.24, 2.45) is 0 Å². The van der Waals surface area contributed by atoms with Gasteiger partial charge in [-0.25, -0.2) is 4.98 Å². The van der Waals surface area contributed by atoms with Gasteiger partial charge in [0.05, 0.1) is 17.9 Å². The van der Waals surface area contributed by atoms with Gasteiger partial charge in [-0.15, -0.1) is 11.3 Å². The van der Waals surface area contributed by atoms with Crippen molar-refractivity contribution in [2.75, 3.05) is 31.3 Å². The molecule has 9 heteroatoms. The van der Waals surface area contributed by atoms with Gasteiger partial charge in [0, 0.05) is 18.5 Å². The van der Waals surface area contributed by atoms with Crippen LogP contribution in [0.4, 0.5) is 5.00 Å². The summed E-state index contributed by atoms with van der Waals surface area (Å²) in [5, 5.41) is 6.90. The molecular formula is C21H23N3O4S2. The molecule has 0 fully saturated rings. The van der Waals surface area contributed by atoms with Gasteiger partial charge in [0.15, 0.2) is 5.58 Å². The van der Waals surface area contributed by atoms with Crippen molar-refractivity contribution in [1.82, 2.24) is 10.3 Å². The maximum Gasteiger partial charge on any atom is 0.257 e. The van der Waals surface area contributed by atoms with Crippen molar-refractivity contribution in [1.29, 1.82) is 0 Å². The number of anilines is 1. The van der Waals surface area contributed by atoms with Gasteiger partial charge >= 0.3 is 0 Å². The zero-order valence-electron chi connectivity index (χ0n) is 16.7. The summed E-state index contributed by atoms with van der Waals surface area (Å²) in [7, 11) is 1.60. The summed E-state index contributed by atoms with van der Waals surface area (Å²) >= 11 is 2.75. The molecule has 0 aliphatic heterocycles. The fourth-order valence-electron chi connectivity index (χ4n) is 3.45. The normalized spacial score (nSPS) is 13.2. The summed E-state index contributed by atoms with van der Waals surface area (Å²) in [6, 6.07) is 7.49. The molecule has 2 amide bonds.